The Hall–Kier alpha value is -2.60. The zero-order valence-corrected chi connectivity index (χ0v) is 15.2. The summed E-state index contributed by atoms with van der Waals surface area (Å²) < 4.78 is 31.1. The molecule has 0 aliphatic rings. The molecule has 3 rings (SSSR count). The van der Waals surface area contributed by atoms with E-state index < -0.39 is 9.73 Å². The van der Waals surface area contributed by atoms with Gasteiger partial charge in [0.05, 0.1) is 22.4 Å². The number of fused-ring (bicyclic) bond motifs is 1. The maximum Gasteiger partial charge on any atom is 0.131 e. The molecule has 0 aliphatic heterocycles. The number of benzene rings is 2. The molecule has 0 aliphatic carbocycles. The van der Waals surface area contributed by atoms with Crippen LogP contribution in [0.25, 0.3) is 10.9 Å². The van der Waals surface area contributed by atoms with Gasteiger partial charge in [-0.15, -0.1) is 0 Å². The summed E-state index contributed by atoms with van der Waals surface area (Å²) in [5.74, 6) is 1.46. The van der Waals surface area contributed by atoms with Crippen molar-refractivity contribution in [3.05, 3.63) is 60.3 Å². The van der Waals surface area contributed by atoms with Crippen LogP contribution in [0.15, 0.2) is 59.6 Å². The predicted octanol–water partition coefficient (Wildman–Crippen LogP) is 4.42. The topological polar surface area (TPSA) is 72.3 Å². The zero-order valence-electron chi connectivity index (χ0n) is 14.4. The van der Waals surface area contributed by atoms with Gasteiger partial charge in [0.25, 0.3) is 0 Å². The van der Waals surface area contributed by atoms with Crippen molar-refractivity contribution in [1.82, 2.24) is 4.98 Å². The smallest absolute Gasteiger partial charge is 0.131 e. The summed E-state index contributed by atoms with van der Waals surface area (Å²) in [4.78, 5) is 4.86. The Balaban J connectivity index is 1.93. The number of pyridine rings is 1. The molecule has 0 radical (unpaired) electrons. The molecule has 130 valence electrons. The van der Waals surface area contributed by atoms with E-state index in [1.165, 1.54) is 6.26 Å². The van der Waals surface area contributed by atoms with Gasteiger partial charge in [0, 0.05) is 28.8 Å². The largest absolute Gasteiger partial charge is 0.497 e. The van der Waals surface area contributed by atoms with Gasteiger partial charge >= 0.3 is 0 Å². The first-order chi connectivity index (χ1) is 11.9. The fourth-order valence-electron chi connectivity index (χ4n) is 2.60. The SMILES string of the molecule is COc1ccc2c(O[C@H](C)c3cccc(S(C)(=N)=O)c3)ccnc2c1. The van der Waals surface area contributed by atoms with E-state index in [2.05, 4.69) is 4.98 Å². The van der Waals surface area contributed by atoms with Crippen LogP contribution in [-0.4, -0.2) is 22.6 Å². The van der Waals surface area contributed by atoms with Gasteiger partial charge in [0.1, 0.15) is 17.6 Å². The van der Waals surface area contributed by atoms with Gasteiger partial charge in [-0.05, 0) is 42.8 Å². The predicted molar refractivity (Wildman–Crippen MR) is 98.8 cm³/mol. The van der Waals surface area contributed by atoms with Crippen molar-refractivity contribution in [2.24, 2.45) is 0 Å². The third-order valence-electron chi connectivity index (χ3n) is 3.99. The van der Waals surface area contributed by atoms with Gasteiger partial charge in [-0.2, -0.15) is 0 Å². The lowest BCUT2D eigenvalue weighted by Gasteiger charge is -2.17. The van der Waals surface area contributed by atoms with Crippen molar-refractivity contribution in [3.8, 4) is 11.5 Å². The third kappa shape index (κ3) is 3.74. The lowest BCUT2D eigenvalue weighted by Crippen LogP contribution is -2.05. The molecule has 1 heterocycles. The van der Waals surface area contributed by atoms with Gasteiger partial charge in [-0.3, -0.25) is 4.98 Å². The van der Waals surface area contributed by atoms with Crippen LogP contribution in [-0.2, 0) is 9.73 Å². The molecule has 6 heteroatoms. The van der Waals surface area contributed by atoms with E-state index in [-0.39, 0.29) is 6.10 Å². The summed E-state index contributed by atoms with van der Waals surface area (Å²) in [6.45, 7) is 1.93. The molecule has 2 atom stereocenters. The van der Waals surface area contributed by atoms with Crippen LogP contribution >= 0.6 is 0 Å². The number of methoxy groups -OCH3 is 1. The maximum atomic E-state index is 12.0. The van der Waals surface area contributed by atoms with Crippen LogP contribution in [0.2, 0.25) is 0 Å². The second-order valence-corrected chi connectivity index (χ2v) is 8.03. The Morgan fingerprint density at radius 2 is 1.96 bits per heavy atom. The Morgan fingerprint density at radius 1 is 1.16 bits per heavy atom. The van der Waals surface area contributed by atoms with Gasteiger partial charge in [0.2, 0.25) is 0 Å². The van der Waals surface area contributed by atoms with Crippen LogP contribution in [0.4, 0.5) is 0 Å². The summed E-state index contributed by atoms with van der Waals surface area (Å²) in [6, 6.07) is 14.7. The number of hydrogen-bond acceptors (Lipinski definition) is 5. The van der Waals surface area contributed by atoms with Crippen LogP contribution in [0.1, 0.15) is 18.6 Å². The highest BCUT2D eigenvalue weighted by Gasteiger charge is 2.13. The van der Waals surface area contributed by atoms with Crippen molar-refractivity contribution in [1.29, 1.82) is 4.78 Å². The Labute approximate surface area is 147 Å². The van der Waals surface area contributed by atoms with Crippen molar-refractivity contribution >= 4 is 20.6 Å². The highest BCUT2D eigenvalue weighted by atomic mass is 32.2. The molecule has 0 saturated carbocycles. The van der Waals surface area contributed by atoms with Crippen LogP contribution in [0, 0.1) is 4.78 Å². The van der Waals surface area contributed by atoms with Crippen molar-refractivity contribution in [2.75, 3.05) is 13.4 Å². The first-order valence-corrected chi connectivity index (χ1v) is 9.78. The molecule has 1 aromatic heterocycles. The number of ether oxygens (including phenoxy) is 2. The average Bonchev–Trinajstić information content (AvgIpc) is 2.61. The summed E-state index contributed by atoms with van der Waals surface area (Å²) in [5, 5.41) is 0.895. The third-order valence-corrected chi connectivity index (χ3v) is 5.14. The number of hydrogen-bond donors (Lipinski definition) is 1. The number of nitrogens with one attached hydrogen (secondary N) is 1. The highest BCUT2D eigenvalue weighted by molar-refractivity contribution is 7.91. The lowest BCUT2D eigenvalue weighted by molar-refractivity contribution is 0.229. The van der Waals surface area contributed by atoms with Crippen LogP contribution in [0.3, 0.4) is 0 Å². The lowest BCUT2D eigenvalue weighted by atomic mass is 10.1. The van der Waals surface area contributed by atoms with Crippen LogP contribution in [0.5, 0.6) is 11.5 Å². The molecule has 25 heavy (non-hydrogen) atoms. The van der Waals surface area contributed by atoms with E-state index in [0.717, 1.165) is 22.2 Å². The molecule has 1 N–H and O–H groups in total. The minimum Gasteiger partial charge on any atom is -0.497 e. The molecule has 0 amide bonds. The minimum atomic E-state index is -2.75. The standard InChI is InChI=1S/C19H20N2O3S/c1-13(14-5-4-6-16(11-14)25(3,20)22)24-19-9-10-21-18-12-15(23-2)7-8-17(18)19/h4-13,20H,1-3H3/t13-,25?/m1/s1. The molecule has 3 aromatic rings. The van der Waals surface area contributed by atoms with Crippen molar-refractivity contribution in [2.45, 2.75) is 17.9 Å². The molecule has 0 fully saturated rings. The minimum absolute atomic E-state index is 0.255. The highest BCUT2D eigenvalue weighted by Crippen LogP contribution is 2.31. The molecule has 5 nitrogen and oxygen atoms in total. The monoisotopic (exact) mass is 356 g/mol. The van der Waals surface area contributed by atoms with E-state index in [0.29, 0.717) is 10.6 Å². The zero-order chi connectivity index (χ0) is 18.0. The van der Waals surface area contributed by atoms with Gasteiger partial charge in [-0.1, -0.05) is 12.1 Å². The number of rotatable bonds is 5. The molecular weight excluding hydrogens is 336 g/mol. The first kappa shape index (κ1) is 17.2. The molecule has 0 bridgehead atoms. The van der Waals surface area contributed by atoms with E-state index in [9.17, 15) is 4.21 Å². The van der Waals surface area contributed by atoms with E-state index in [1.54, 1.807) is 31.5 Å². The van der Waals surface area contributed by atoms with Gasteiger partial charge < -0.3 is 9.47 Å². The first-order valence-electron chi connectivity index (χ1n) is 7.81. The second-order valence-electron chi connectivity index (χ2n) is 5.87. The van der Waals surface area contributed by atoms with Crippen molar-refractivity contribution < 1.29 is 13.7 Å². The molecule has 2 aromatic carbocycles. The summed E-state index contributed by atoms with van der Waals surface area (Å²) in [5.41, 5.74) is 1.67. The van der Waals surface area contributed by atoms with E-state index in [4.69, 9.17) is 14.3 Å². The Bertz CT molecular complexity index is 1020. The molecule has 1 unspecified atom stereocenters. The molecular formula is C19H20N2O3S. The number of nitrogens with zero attached hydrogens (tertiary/aromatic N) is 1. The quantitative estimate of drug-likeness (QED) is 0.734. The molecule has 0 spiro atoms. The fraction of sp³-hybridized carbons (Fsp3) is 0.211. The fourth-order valence-corrected chi connectivity index (χ4v) is 3.30. The summed E-state index contributed by atoms with van der Waals surface area (Å²) in [7, 11) is -1.13. The van der Waals surface area contributed by atoms with Crippen molar-refractivity contribution in [3.63, 3.8) is 0 Å². The average molecular weight is 356 g/mol. The van der Waals surface area contributed by atoms with E-state index >= 15 is 0 Å². The molecule has 0 saturated heterocycles. The second kappa shape index (κ2) is 6.72. The van der Waals surface area contributed by atoms with Gasteiger partial charge in [-0.25, -0.2) is 8.99 Å². The van der Waals surface area contributed by atoms with Gasteiger partial charge in [0.15, 0.2) is 0 Å². The number of aromatic nitrogens is 1. The maximum absolute atomic E-state index is 12.0. The Morgan fingerprint density at radius 3 is 2.68 bits per heavy atom. The normalized spacial score (nSPS) is 14.7. The van der Waals surface area contributed by atoms with Crippen LogP contribution < -0.4 is 9.47 Å². The summed E-state index contributed by atoms with van der Waals surface area (Å²) in [6.07, 6.45) is 2.86. The Kier molecular flexibility index (Phi) is 4.63. The summed E-state index contributed by atoms with van der Waals surface area (Å²) >= 11 is 0. The van der Waals surface area contributed by atoms with E-state index in [1.807, 2.05) is 37.3 Å².